The molecule has 35 heavy (non-hydrogen) atoms. The molecule has 194 valence electrons. The highest BCUT2D eigenvalue weighted by Gasteiger charge is 2.15. The van der Waals surface area contributed by atoms with Gasteiger partial charge in [0.15, 0.2) is 0 Å². The van der Waals surface area contributed by atoms with Gasteiger partial charge in [0, 0.05) is 18.7 Å². The molecule has 1 aromatic carbocycles. The van der Waals surface area contributed by atoms with Crippen molar-refractivity contribution in [2.75, 3.05) is 32.9 Å². The first-order chi connectivity index (χ1) is 16.9. The van der Waals surface area contributed by atoms with Crippen LogP contribution in [-0.2, 0) is 4.74 Å². The van der Waals surface area contributed by atoms with Crippen molar-refractivity contribution in [3.8, 4) is 10.9 Å². The minimum absolute atomic E-state index is 0.0418. The van der Waals surface area contributed by atoms with Crippen molar-refractivity contribution in [3.63, 3.8) is 0 Å². The first-order valence-electron chi connectivity index (χ1n) is 12.1. The van der Waals surface area contributed by atoms with Crippen LogP contribution in [0.25, 0.3) is 0 Å². The molecule has 2 aromatic rings. The first-order valence-corrected chi connectivity index (χ1v) is 12.9. The van der Waals surface area contributed by atoms with Crippen molar-refractivity contribution >= 4 is 23.2 Å². The summed E-state index contributed by atoms with van der Waals surface area (Å²) in [4.78, 5) is 27.8. The summed E-state index contributed by atoms with van der Waals surface area (Å²) in [6.45, 7) is 6.00. The zero-order chi connectivity index (χ0) is 25.5. The van der Waals surface area contributed by atoms with Crippen LogP contribution in [0.2, 0.25) is 0 Å². The van der Waals surface area contributed by atoms with Crippen molar-refractivity contribution in [1.29, 1.82) is 0 Å². The third-order valence-electron chi connectivity index (χ3n) is 5.30. The van der Waals surface area contributed by atoms with E-state index < -0.39 is 18.0 Å². The lowest BCUT2D eigenvalue weighted by Crippen LogP contribution is -2.33. The quantitative estimate of drug-likeness (QED) is 0.206. The van der Waals surface area contributed by atoms with Crippen LogP contribution in [0.3, 0.4) is 0 Å². The van der Waals surface area contributed by atoms with Crippen molar-refractivity contribution in [3.05, 3.63) is 40.9 Å². The summed E-state index contributed by atoms with van der Waals surface area (Å²) in [5.74, 6) is 0.340. The van der Waals surface area contributed by atoms with Crippen LogP contribution in [0.4, 0.5) is 0 Å². The van der Waals surface area contributed by atoms with Gasteiger partial charge in [-0.15, -0.1) is 0 Å². The number of esters is 1. The molecular formula is C25H37N3O6S. The van der Waals surface area contributed by atoms with E-state index in [0.29, 0.717) is 53.6 Å². The van der Waals surface area contributed by atoms with Gasteiger partial charge >= 0.3 is 5.97 Å². The predicted octanol–water partition coefficient (Wildman–Crippen LogP) is 3.41. The lowest BCUT2D eigenvalue weighted by atomic mass is 9.95. The molecule has 0 aliphatic carbocycles. The van der Waals surface area contributed by atoms with E-state index in [4.69, 9.17) is 19.9 Å². The SMILES string of the molecule is CCCC(CCC)CCOC(=O)c1cnc(OCC(O)CNCCOc2ccc(C(N)=O)cc2)s1. The maximum absolute atomic E-state index is 12.2. The predicted molar refractivity (Wildman–Crippen MR) is 135 cm³/mol. The Labute approximate surface area is 211 Å². The minimum Gasteiger partial charge on any atom is -0.492 e. The number of primary amides is 1. The standard InChI is InChI=1S/C25H37N3O6S/c1-3-5-18(6-4-2)11-13-33-24(31)22-16-28-25(35-22)34-17-20(29)15-27-12-14-32-21-9-7-19(8-10-21)23(26)30/h7-10,16,18,20,27,29H,3-6,11-15,17H2,1-2H3,(H2,26,30). The molecule has 0 saturated heterocycles. The third-order valence-corrected chi connectivity index (χ3v) is 6.19. The topological polar surface area (TPSA) is 133 Å². The monoisotopic (exact) mass is 507 g/mol. The number of nitrogens with zero attached hydrogens (tertiary/aromatic N) is 1. The van der Waals surface area contributed by atoms with Crippen molar-refractivity contribution < 1.29 is 28.9 Å². The second kappa shape index (κ2) is 16.1. The number of aliphatic hydroxyl groups is 1. The van der Waals surface area contributed by atoms with E-state index >= 15 is 0 Å². The maximum Gasteiger partial charge on any atom is 0.350 e. The number of aromatic nitrogens is 1. The van der Waals surface area contributed by atoms with Crippen molar-refractivity contribution in [2.45, 2.75) is 52.1 Å². The lowest BCUT2D eigenvalue weighted by molar-refractivity contribution is 0.0484. The molecular weight excluding hydrogens is 470 g/mol. The van der Waals surface area contributed by atoms with E-state index in [9.17, 15) is 14.7 Å². The van der Waals surface area contributed by atoms with E-state index in [1.807, 2.05) is 0 Å². The lowest BCUT2D eigenvalue weighted by Gasteiger charge is -2.14. The number of aliphatic hydroxyl groups excluding tert-OH is 1. The van der Waals surface area contributed by atoms with Crippen LogP contribution in [0.15, 0.2) is 30.5 Å². The molecule has 1 atom stereocenters. The molecule has 0 saturated carbocycles. The van der Waals surface area contributed by atoms with Gasteiger partial charge in [0.05, 0.1) is 12.8 Å². The van der Waals surface area contributed by atoms with Gasteiger partial charge in [0.2, 0.25) is 5.91 Å². The average molecular weight is 508 g/mol. The highest BCUT2D eigenvalue weighted by atomic mass is 32.1. The molecule has 1 amide bonds. The zero-order valence-electron chi connectivity index (χ0n) is 20.5. The Balaban J connectivity index is 1.59. The fourth-order valence-corrected chi connectivity index (χ4v) is 4.18. The van der Waals surface area contributed by atoms with E-state index in [-0.39, 0.29) is 6.61 Å². The van der Waals surface area contributed by atoms with Crippen LogP contribution in [0, 0.1) is 5.92 Å². The Hall–Kier alpha value is -2.69. The Kier molecular flexibility index (Phi) is 13.1. The number of ether oxygens (including phenoxy) is 3. The number of carbonyl (C=O) groups is 2. The number of benzene rings is 1. The summed E-state index contributed by atoms with van der Waals surface area (Å²) in [6.07, 6.45) is 6.14. The fourth-order valence-electron chi connectivity index (χ4n) is 3.51. The maximum atomic E-state index is 12.2. The van der Waals surface area contributed by atoms with Gasteiger partial charge in [-0.25, -0.2) is 9.78 Å². The number of carbonyl (C=O) groups excluding carboxylic acids is 2. The van der Waals surface area contributed by atoms with Gasteiger partial charge in [0.1, 0.15) is 29.9 Å². The van der Waals surface area contributed by atoms with Crippen molar-refractivity contribution in [2.24, 2.45) is 11.7 Å². The molecule has 0 radical (unpaired) electrons. The second-order valence-corrected chi connectivity index (χ2v) is 9.26. The number of hydrogen-bond donors (Lipinski definition) is 3. The highest BCUT2D eigenvalue weighted by molar-refractivity contribution is 7.15. The third kappa shape index (κ3) is 11.1. The normalized spacial score (nSPS) is 11.9. The molecule has 2 rings (SSSR count). The molecule has 0 aliphatic rings. The van der Waals surface area contributed by atoms with Gasteiger partial charge in [0.25, 0.3) is 5.19 Å². The van der Waals surface area contributed by atoms with Crippen LogP contribution >= 0.6 is 11.3 Å². The summed E-state index contributed by atoms with van der Waals surface area (Å²) in [5.41, 5.74) is 5.63. The Morgan fingerprint density at radius 1 is 1.09 bits per heavy atom. The Morgan fingerprint density at radius 3 is 2.46 bits per heavy atom. The molecule has 0 fully saturated rings. The van der Waals surface area contributed by atoms with Gasteiger partial charge in [-0.3, -0.25) is 4.79 Å². The molecule has 1 unspecified atom stereocenters. The molecule has 1 aromatic heterocycles. The number of hydrogen-bond acceptors (Lipinski definition) is 9. The molecule has 1 heterocycles. The van der Waals surface area contributed by atoms with E-state index in [1.165, 1.54) is 6.20 Å². The van der Waals surface area contributed by atoms with Crippen LogP contribution in [0.1, 0.15) is 66.0 Å². The van der Waals surface area contributed by atoms with E-state index in [1.54, 1.807) is 24.3 Å². The smallest absolute Gasteiger partial charge is 0.350 e. The number of rotatable bonds is 18. The molecule has 9 nitrogen and oxygen atoms in total. The molecule has 4 N–H and O–H groups in total. The zero-order valence-corrected chi connectivity index (χ0v) is 21.4. The molecule has 0 spiro atoms. The second-order valence-electron chi connectivity index (χ2n) is 8.26. The first kappa shape index (κ1) is 28.5. The molecule has 0 bridgehead atoms. The molecule has 10 heteroatoms. The summed E-state index contributed by atoms with van der Waals surface area (Å²) in [6, 6.07) is 6.56. The van der Waals surface area contributed by atoms with Crippen LogP contribution in [0.5, 0.6) is 10.9 Å². The number of thiazole rings is 1. The van der Waals surface area contributed by atoms with E-state index in [0.717, 1.165) is 43.4 Å². The Bertz CT molecular complexity index is 884. The Morgan fingerprint density at radius 2 is 1.80 bits per heavy atom. The fraction of sp³-hybridized carbons (Fsp3) is 0.560. The summed E-state index contributed by atoms with van der Waals surface area (Å²) >= 11 is 1.11. The van der Waals surface area contributed by atoms with Crippen LogP contribution in [-0.4, -0.2) is 61.0 Å². The summed E-state index contributed by atoms with van der Waals surface area (Å²) in [7, 11) is 0. The number of nitrogens with two attached hydrogens (primary N) is 1. The summed E-state index contributed by atoms with van der Waals surface area (Å²) < 4.78 is 16.5. The van der Waals surface area contributed by atoms with Gasteiger partial charge in [-0.1, -0.05) is 50.9 Å². The minimum atomic E-state index is -0.752. The highest BCUT2D eigenvalue weighted by Crippen LogP contribution is 2.22. The van der Waals surface area contributed by atoms with E-state index in [2.05, 4.69) is 24.1 Å². The van der Waals surface area contributed by atoms with Crippen molar-refractivity contribution in [1.82, 2.24) is 10.3 Å². The van der Waals surface area contributed by atoms with Gasteiger partial charge < -0.3 is 30.4 Å². The van der Waals surface area contributed by atoms with Gasteiger partial charge in [-0.2, -0.15) is 0 Å². The van der Waals surface area contributed by atoms with Crippen LogP contribution < -0.4 is 20.5 Å². The average Bonchev–Trinajstić information content (AvgIpc) is 3.32. The molecule has 0 aliphatic heterocycles. The number of amides is 1. The summed E-state index contributed by atoms with van der Waals surface area (Å²) in [5, 5.41) is 13.5. The largest absolute Gasteiger partial charge is 0.492 e. The number of nitrogens with one attached hydrogen (secondary N) is 1. The van der Waals surface area contributed by atoms with Gasteiger partial charge in [-0.05, 0) is 36.6 Å².